The Labute approximate surface area is 146 Å². The number of fused-ring (bicyclic) bond motifs is 1. The van der Waals surface area contributed by atoms with Crippen molar-refractivity contribution in [3.05, 3.63) is 40.2 Å². The number of hydrogen-bond donors (Lipinski definition) is 1. The van der Waals surface area contributed by atoms with Crippen molar-refractivity contribution in [1.29, 1.82) is 0 Å². The Kier molecular flexibility index (Phi) is 4.90. The number of hydrogen-bond acceptors (Lipinski definition) is 7. The third kappa shape index (κ3) is 3.14. The number of imidazole rings is 1. The number of benzene rings is 1. The average molecular weight is 383 g/mol. The predicted molar refractivity (Wildman–Crippen MR) is 90.9 cm³/mol. The van der Waals surface area contributed by atoms with Gasteiger partial charge in [0.05, 0.1) is 23.7 Å². The molecule has 1 aromatic carbocycles. The maximum Gasteiger partial charge on any atom is 0.396 e. The van der Waals surface area contributed by atoms with E-state index in [0.717, 1.165) is 6.07 Å². The van der Waals surface area contributed by atoms with E-state index in [1.165, 1.54) is 18.2 Å². The van der Waals surface area contributed by atoms with Crippen molar-refractivity contribution in [3.8, 4) is 11.6 Å². The number of furan rings is 1. The Morgan fingerprint density at radius 3 is 2.58 bits per heavy atom. The van der Waals surface area contributed by atoms with Crippen molar-refractivity contribution >= 4 is 29.8 Å². The molecular weight excluding hydrogens is 368 g/mol. The van der Waals surface area contributed by atoms with Crippen LogP contribution in [0.1, 0.15) is 13.8 Å². The molecule has 0 atom stereocenters. The molecule has 11 heteroatoms. The minimum Gasteiger partial charge on any atom is -0.445 e. The van der Waals surface area contributed by atoms with Gasteiger partial charge in [-0.25, -0.2) is 4.98 Å². The van der Waals surface area contributed by atoms with Crippen LogP contribution >= 0.6 is 7.60 Å². The van der Waals surface area contributed by atoms with Gasteiger partial charge in [-0.15, -0.1) is 0 Å². The lowest BCUT2D eigenvalue weighted by Crippen LogP contribution is -2.08. The highest BCUT2D eigenvalue weighted by Gasteiger charge is 2.31. The monoisotopic (exact) mass is 383 g/mol. The van der Waals surface area contributed by atoms with Crippen molar-refractivity contribution < 1.29 is 27.3 Å². The number of aromatic nitrogens is 2. The molecule has 0 aliphatic heterocycles. The van der Waals surface area contributed by atoms with E-state index in [1.807, 2.05) is 0 Å². The summed E-state index contributed by atoms with van der Waals surface area (Å²) in [6.45, 7) is 3.65. The van der Waals surface area contributed by atoms with Crippen molar-refractivity contribution in [2.45, 2.75) is 13.8 Å². The van der Waals surface area contributed by atoms with Crippen LogP contribution < -0.4 is 5.50 Å². The van der Waals surface area contributed by atoms with Gasteiger partial charge in [-0.05, 0) is 38.1 Å². The predicted octanol–water partition coefficient (Wildman–Crippen LogP) is 3.76. The van der Waals surface area contributed by atoms with E-state index >= 15 is 0 Å². The summed E-state index contributed by atoms with van der Waals surface area (Å²) in [6, 6.07) is 5.21. The van der Waals surface area contributed by atoms with E-state index in [-0.39, 0.29) is 41.3 Å². The SMILES string of the molecule is CCOP(=O)(OCC)c1ccc(-c2nc3c([N+](=O)[O-])c(F)ccc3[nH]2)o1. The number of nitrogens with one attached hydrogen (secondary N) is 1. The number of rotatable bonds is 7. The van der Waals surface area contributed by atoms with Crippen molar-refractivity contribution in [1.82, 2.24) is 9.97 Å². The second-order valence-electron chi connectivity index (χ2n) is 5.11. The first-order valence-electron chi connectivity index (χ1n) is 7.72. The molecule has 0 fully saturated rings. The van der Waals surface area contributed by atoms with Crippen molar-refractivity contribution in [2.75, 3.05) is 13.2 Å². The van der Waals surface area contributed by atoms with Gasteiger partial charge in [-0.2, -0.15) is 4.39 Å². The Bertz CT molecular complexity index is 1000. The van der Waals surface area contributed by atoms with Crippen LogP contribution in [0.15, 0.2) is 28.7 Å². The largest absolute Gasteiger partial charge is 0.445 e. The molecule has 9 nitrogen and oxygen atoms in total. The van der Waals surface area contributed by atoms with E-state index in [4.69, 9.17) is 13.5 Å². The van der Waals surface area contributed by atoms with E-state index in [1.54, 1.807) is 13.8 Å². The molecule has 0 bridgehead atoms. The van der Waals surface area contributed by atoms with Gasteiger partial charge in [0.2, 0.25) is 11.3 Å². The number of nitrogens with zero attached hydrogens (tertiary/aromatic N) is 2. The second-order valence-corrected chi connectivity index (χ2v) is 7.06. The van der Waals surface area contributed by atoms with Gasteiger partial charge in [0.1, 0.15) is 0 Å². The normalized spacial score (nSPS) is 12.0. The first kappa shape index (κ1) is 18.2. The van der Waals surface area contributed by atoms with Crippen LogP contribution in [0.2, 0.25) is 0 Å². The summed E-state index contributed by atoms with van der Waals surface area (Å²) in [6.07, 6.45) is 0. The molecule has 0 radical (unpaired) electrons. The first-order chi connectivity index (χ1) is 12.4. The van der Waals surface area contributed by atoms with E-state index in [9.17, 15) is 19.1 Å². The lowest BCUT2D eigenvalue weighted by molar-refractivity contribution is -0.385. The van der Waals surface area contributed by atoms with Crippen LogP contribution in [0, 0.1) is 15.9 Å². The molecular formula is C15H15FN3O6P. The zero-order valence-electron chi connectivity index (χ0n) is 13.9. The third-order valence-corrected chi connectivity index (χ3v) is 5.43. The lowest BCUT2D eigenvalue weighted by Gasteiger charge is -2.13. The van der Waals surface area contributed by atoms with Crippen LogP contribution in [-0.2, 0) is 13.6 Å². The fourth-order valence-corrected chi connectivity index (χ4v) is 3.91. The number of aromatic amines is 1. The fraction of sp³-hybridized carbons (Fsp3) is 0.267. The summed E-state index contributed by atoms with van der Waals surface area (Å²) in [4.78, 5) is 17.1. The molecule has 0 spiro atoms. The summed E-state index contributed by atoms with van der Waals surface area (Å²) in [5.41, 5.74) is -0.618. The molecule has 2 heterocycles. The first-order valence-corrected chi connectivity index (χ1v) is 9.26. The highest BCUT2D eigenvalue weighted by atomic mass is 31.2. The Balaban J connectivity index is 2.06. The minimum absolute atomic E-state index is 0.0164. The minimum atomic E-state index is -3.62. The Morgan fingerprint density at radius 2 is 1.96 bits per heavy atom. The number of nitro benzene ring substituents is 1. The molecule has 0 saturated heterocycles. The Morgan fingerprint density at radius 1 is 1.27 bits per heavy atom. The molecule has 3 aromatic rings. The summed E-state index contributed by atoms with van der Waals surface area (Å²) in [5, 5.41) is 11.1. The molecule has 138 valence electrons. The van der Waals surface area contributed by atoms with Crippen molar-refractivity contribution in [2.24, 2.45) is 0 Å². The summed E-state index contributed by atoms with van der Waals surface area (Å²) in [7, 11) is -3.62. The van der Waals surface area contributed by atoms with E-state index in [2.05, 4.69) is 9.97 Å². The second kappa shape index (κ2) is 6.99. The molecule has 0 amide bonds. The maximum atomic E-state index is 13.7. The summed E-state index contributed by atoms with van der Waals surface area (Å²) < 4.78 is 42.4. The lowest BCUT2D eigenvalue weighted by atomic mass is 10.2. The average Bonchev–Trinajstić information content (AvgIpc) is 3.21. The number of halogens is 1. The molecule has 2 aromatic heterocycles. The smallest absolute Gasteiger partial charge is 0.396 e. The molecule has 3 rings (SSSR count). The molecule has 0 aliphatic carbocycles. The fourth-order valence-electron chi connectivity index (χ4n) is 2.43. The van der Waals surface area contributed by atoms with Crippen LogP contribution in [0.5, 0.6) is 0 Å². The standard InChI is InChI=1S/C15H15FN3O6P/c1-3-23-26(22,24-4-2)12-8-7-11(25-12)15-17-10-6-5-9(16)14(19(20)21)13(10)18-15/h5-8H,3-4H2,1-2H3,(H,17,18). The molecule has 0 aliphatic rings. The Hall–Kier alpha value is -2.55. The van der Waals surface area contributed by atoms with Gasteiger partial charge in [0.25, 0.3) is 0 Å². The third-order valence-electron chi connectivity index (χ3n) is 3.45. The highest BCUT2D eigenvalue weighted by molar-refractivity contribution is 7.61. The summed E-state index contributed by atoms with van der Waals surface area (Å²) in [5.74, 6) is -0.706. The zero-order valence-corrected chi connectivity index (χ0v) is 14.8. The zero-order chi connectivity index (χ0) is 18.9. The molecule has 26 heavy (non-hydrogen) atoms. The van der Waals surface area contributed by atoms with Gasteiger partial charge in [0, 0.05) is 0 Å². The van der Waals surface area contributed by atoms with Crippen LogP contribution in [-0.4, -0.2) is 28.1 Å². The van der Waals surface area contributed by atoms with Crippen molar-refractivity contribution in [3.63, 3.8) is 0 Å². The number of nitro groups is 1. The van der Waals surface area contributed by atoms with Crippen LogP contribution in [0.3, 0.4) is 0 Å². The van der Waals surface area contributed by atoms with Crippen LogP contribution in [0.25, 0.3) is 22.6 Å². The number of H-pyrrole nitrogens is 1. The maximum absolute atomic E-state index is 13.7. The molecule has 0 saturated carbocycles. The van der Waals surface area contributed by atoms with Gasteiger partial charge in [0.15, 0.2) is 17.1 Å². The summed E-state index contributed by atoms with van der Waals surface area (Å²) >= 11 is 0. The van der Waals surface area contributed by atoms with Gasteiger partial charge in [-0.1, -0.05) is 0 Å². The van der Waals surface area contributed by atoms with E-state index < -0.39 is 24.0 Å². The quantitative estimate of drug-likeness (QED) is 0.375. The van der Waals surface area contributed by atoms with Gasteiger partial charge >= 0.3 is 13.3 Å². The van der Waals surface area contributed by atoms with Gasteiger partial charge < -0.3 is 18.4 Å². The van der Waals surface area contributed by atoms with Crippen LogP contribution in [0.4, 0.5) is 10.1 Å². The van der Waals surface area contributed by atoms with E-state index in [0.29, 0.717) is 0 Å². The topological polar surface area (TPSA) is 120 Å². The molecule has 1 N–H and O–H groups in total. The highest BCUT2D eigenvalue weighted by Crippen LogP contribution is 2.47. The molecule has 0 unspecified atom stereocenters. The van der Waals surface area contributed by atoms with Gasteiger partial charge in [-0.3, -0.25) is 14.7 Å².